The van der Waals surface area contributed by atoms with Crippen LogP contribution in [0.2, 0.25) is 0 Å². The summed E-state index contributed by atoms with van der Waals surface area (Å²) in [4.78, 5) is 0.971. The van der Waals surface area contributed by atoms with Crippen LogP contribution in [-0.4, -0.2) is 15.5 Å². The van der Waals surface area contributed by atoms with E-state index in [0.29, 0.717) is 0 Å². The van der Waals surface area contributed by atoms with Crippen LogP contribution in [0.1, 0.15) is 44.2 Å². The van der Waals surface area contributed by atoms with Gasteiger partial charge in [0.1, 0.15) is 0 Å². The first-order valence-corrected chi connectivity index (χ1v) is 8.25. The van der Waals surface area contributed by atoms with Crippen LogP contribution < -0.4 is 5.73 Å². The van der Waals surface area contributed by atoms with Crippen molar-refractivity contribution in [3.8, 4) is 0 Å². The van der Waals surface area contributed by atoms with Gasteiger partial charge in [0, 0.05) is 10.9 Å². The van der Waals surface area contributed by atoms with Gasteiger partial charge in [-0.25, -0.2) is 0 Å². The Labute approximate surface area is 119 Å². The van der Waals surface area contributed by atoms with Crippen LogP contribution in [-0.2, 0) is 10.8 Å². The Kier molecular flexibility index (Phi) is 4.17. The van der Waals surface area contributed by atoms with Gasteiger partial charge >= 0.3 is 0 Å². The van der Waals surface area contributed by atoms with Crippen LogP contribution in [0.4, 0.5) is 0 Å². The standard InChI is InChI=1S/C16H25NOS/c1-11-5-6-12(2)14(9-11)19(18)15-10-16(3,4)8-7-13(15)17/h5-6,9,13,15H,7-8,10,17H2,1-4H3. The zero-order valence-electron chi connectivity index (χ0n) is 12.4. The van der Waals surface area contributed by atoms with E-state index in [1.54, 1.807) is 0 Å². The summed E-state index contributed by atoms with van der Waals surface area (Å²) in [5.41, 5.74) is 8.77. The van der Waals surface area contributed by atoms with Crippen LogP contribution >= 0.6 is 0 Å². The lowest BCUT2D eigenvalue weighted by molar-refractivity contribution is 0.230. The first-order chi connectivity index (χ1) is 8.80. The molecule has 1 aromatic rings. The smallest absolute Gasteiger partial charge is 0.0579 e. The molecule has 1 aromatic carbocycles. The molecule has 0 amide bonds. The van der Waals surface area contributed by atoms with E-state index in [0.717, 1.165) is 35.3 Å². The minimum absolute atomic E-state index is 0.0637. The lowest BCUT2D eigenvalue weighted by Crippen LogP contribution is -2.45. The molecule has 19 heavy (non-hydrogen) atoms. The fourth-order valence-corrected chi connectivity index (χ4v) is 4.93. The Morgan fingerprint density at radius 1 is 1.32 bits per heavy atom. The van der Waals surface area contributed by atoms with Crippen molar-refractivity contribution in [1.29, 1.82) is 0 Å². The molecule has 106 valence electrons. The number of benzene rings is 1. The molecule has 3 heteroatoms. The average Bonchev–Trinajstić information content (AvgIpc) is 2.34. The van der Waals surface area contributed by atoms with Crippen LogP contribution in [0.5, 0.6) is 0 Å². The maximum Gasteiger partial charge on any atom is 0.0579 e. The molecule has 0 spiro atoms. The number of nitrogens with two attached hydrogens (primary N) is 1. The number of rotatable bonds is 2. The second-order valence-corrected chi connectivity index (χ2v) is 8.32. The van der Waals surface area contributed by atoms with Gasteiger partial charge in [-0.2, -0.15) is 0 Å². The monoisotopic (exact) mass is 279 g/mol. The summed E-state index contributed by atoms with van der Waals surface area (Å²) in [5.74, 6) is 0. The summed E-state index contributed by atoms with van der Waals surface area (Å²) >= 11 is 0. The lowest BCUT2D eigenvalue weighted by Gasteiger charge is -2.38. The average molecular weight is 279 g/mol. The van der Waals surface area contributed by atoms with Crippen molar-refractivity contribution in [2.75, 3.05) is 0 Å². The third-order valence-electron chi connectivity index (χ3n) is 4.22. The Morgan fingerprint density at radius 3 is 2.68 bits per heavy atom. The molecule has 0 radical (unpaired) electrons. The zero-order valence-corrected chi connectivity index (χ0v) is 13.2. The molecule has 3 atom stereocenters. The fraction of sp³-hybridized carbons (Fsp3) is 0.625. The van der Waals surface area contributed by atoms with Crippen LogP contribution in [0.25, 0.3) is 0 Å². The highest BCUT2D eigenvalue weighted by atomic mass is 32.2. The van der Waals surface area contributed by atoms with Crippen molar-refractivity contribution in [2.45, 2.75) is 63.1 Å². The van der Waals surface area contributed by atoms with Crippen molar-refractivity contribution in [3.05, 3.63) is 29.3 Å². The van der Waals surface area contributed by atoms with E-state index in [1.807, 2.05) is 13.8 Å². The largest absolute Gasteiger partial charge is 0.327 e. The highest BCUT2D eigenvalue weighted by Crippen LogP contribution is 2.38. The van der Waals surface area contributed by atoms with Crippen molar-refractivity contribution in [2.24, 2.45) is 11.1 Å². The number of hydrogen-bond acceptors (Lipinski definition) is 2. The summed E-state index contributed by atoms with van der Waals surface area (Å²) in [6.45, 7) is 8.59. The first-order valence-electron chi connectivity index (χ1n) is 7.03. The molecule has 2 N–H and O–H groups in total. The third kappa shape index (κ3) is 3.26. The summed E-state index contributed by atoms with van der Waals surface area (Å²) < 4.78 is 12.9. The molecule has 1 fully saturated rings. The molecular formula is C16H25NOS. The van der Waals surface area contributed by atoms with E-state index in [2.05, 4.69) is 32.0 Å². The second-order valence-electron chi connectivity index (χ2n) is 6.68. The van der Waals surface area contributed by atoms with Crippen molar-refractivity contribution < 1.29 is 4.21 Å². The molecule has 0 aromatic heterocycles. The third-order valence-corrected chi connectivity index (χ3v) is 6.16. The predicted octanol–water partition coefficient (Wildman–Crippen LogP) is 3.32. The quantitative estimate of drug-likeness (QED) is 0.902. The Bertz CT molecular complexity index is 496. The molecule has 0 bridgehead atoms. The first kappa shape index (κ1) is 14.7. The maximum atomic E-state index is 12.9. The molecule has 2 rings (SSSR count). The van der Waals surface area contributed by atoms with Crippen molar-refractivity contribution in [3.63, 3.8) is 0 Å². The van der Waals surface area contributed by atoms with Gasteiger partial charge in [-0.05, 0) is 55.7 Å². The van der Waals surface area contributed by atoms with Crippen LogP contribution in [0.15, 0.2) is 23.1 Å². The van der Waals surface area contributed by atoms with Gasteiger partial charge in [-0.3, -0.25) is 4.21 Å². The van der Waals surface area contributed by atoms with E-state index in [-0.39, 0.29) is 16.7 Å². The van der Waals surface area contributed by atoms with Crippen molar-refractivity contribution >= 4 is 10.8 Å². The van der Waals surface area contributed by atoms with Gasteiger partial charge in [0.25, 0.3) is 0 Å². The molecule has 1 aliphatic carbocycles. The highest BCUT2D eigenvalue weighted by Gasteiger charge is 2.37. The normalized spacial score (nSPS) is 28.1. The fourth-order valence-electron chi connectivity index (χ4n) is 2.86. The van der Waals surface area contributed by atoms with E-state index in [4.69, 9.17) is 5.73 Å². The Morgan fingerprint density at radius 2 is 2.00 bits per heavy atom. The van der Waals surface area contributed by atoms with E-state index in [9.17, 15) is 4.21 Å². The molecule has 0 saturated heterocycles. The minimum Gasteiger partial charge on any atom is -0.327 e. The van der Waals surface area contributed by atoms with Gasteiger partial charge in [0.2, 0.25) is 0 Å². The molecule has 3 unspecified atom stereocenters. The van der Waals surface area contributed by atoms with Gasteiger partial charge in [0.15, 0.2) is 0 Å². The second kappa shape index (κ2) is 5.37. The molecular weight excluding hydrogens is 254 g/mol. The molecule has 0 heterocycles. The van der Waals surface area contributed by atoms with Gasteiger partial charge < -0.3 is 5.73 Å². The summed E-state index contributed by atoms with van der Waals surface area (Å²) in [6, 6.07) is 6.25. The van der Waals surface area contributed by atoms with Crippen LogP contribution in [0, 0.1) is 19.3 Å². The van der Waals surface area contributed by atoms with E-state index < -0.39 is 10.8 Å². The van der Waals surface area contributed by atoms with Gasteiger partial charge in [0.05, 0.1) is 16.0 Å². The number of hydrogen-bond donors (Lipinski definition) is 1. The summed E-state index contributed by atoms with van der Waals surface area (Å²) in [7, 11) is -0.993. The van der Waals surface area contributed by atoms with Crippen LogP contribution in [0.3, 0.4) is 0 Å². The Balaban J connectivity index is 2.29. The molecule has 1 aliphatic rings. The molecule has 2 nitrogen and oxygen atoms in total. The zero-order chi connectivity index (χ0) is 14.2. The minimum atomic E-state index is -0.993. The topological polar surface area (TPSA) is 43.1 Å². The van der Waals surface area contributed by atoms with E-state index in [1.165, 1.54) is 0 Å². The lowest BCUT2D eigenvalue weighted by atomic mass is 9.75. The summed E-state index contributed by atoms with van der Waals surface area (Å²) in [6.07, 6.45) is 3.07. The number of aryl methyl sites for hydroxylation is 2. The molecule has 0 aliphatic heterocycles. The van der Waals surface area contributed by atoms with Gasteiger partial charge in [-0.15, -0.1) is 0 Å². The SMILES string of the molecule is Cc1ccc(C)c(S(=O)C2CC(C)(C)CCC2N)c1. The van der Waals surface area contributed by atoms with E-state index >= 15 is 0 Å². The summed E-state index contributed by atoms with van der Waals surface area (Å²) in [5, 5.41) is 0.0873. The van der Waals surface area contributed by atoms with Gasteiger partial charge in [-0.1, -0.05) is 26.0 Å². The van der Waals surface area contributed by atoms with Crippen molar-refractivity contribution in [1.82, 2.24) is 0 Å². The molecule has 1 saturated carbocycles. The highest BCUT2D eigenvalue weighted by molar-refractivity contribution is 7.85. The Hall–Kier alpha value is -0.670. The predicted molar refractivity (Wildman–Crippen MR) is 81.7 cm³/mol. The maximum absolute atomic E-state index is 12.9.